The summed E-state index contributed by atoms with van der Waals surface area (Å²) in [5.74, 6) is 0.737. The van der Waals surface area contributed by atoms with Gasteiger partial charge in [0.1, 0.15) is 0 Å². The molecule has 1 aromatic carbocycles. The van der Waals surface area contributed by atoms with E-state index in [1.54, 1.807) is 0 Å². The summed E-state index contributed by atoms with van der Waals surface area (Å²) in [7, 11) is 0. The number of hydrogen-bond acceptors (Lipinski definition) is 1. The monoisotopic (exact) mass is 374 g/mol. The van der Waals surface area contributed by atoms with E-state index in [9.17, 15) is 5.11 Å². The molecule has 156 valence electrons. The van der Waals surface area contributed by atoms with Gasteiger partial charge in [0.15, 0.2) is 0 Å². The van der Waals surface area contributed by atoms with E-state index in [0.717, 1.165) is 25.2 Å². The fourth-order valence-corrected chi connectivity index (χ4v) is 3.87. The average molecular weight is 375 g/mol. The molecule has 0 aromatic heterocycles. The molecule has 27 heavy (non-hydrogen) atoms. The zero-order chi connectivity index (χ0) is 21.0. The minimum atomic E-state index is 0.182. The number of benzene rings is 1. The maximum absolute atomic E-state index is 9.74. The first-order chi connectivity index (χ1) is 12.1. The molecule has 0 aliphatic carbocycles. The van der Waals surface area contributed by atoms with Crippen molar-refractivity contribution in [2.75, 3.05) is 6.61 Å². The van der Waals surface area contributed by atoms with Crippen LogP contribution in [0, 0.1) is 16.7 Å². The smallest absolute Gasteiger partial charge is 0.0471 e. The van der Waals surface area contributed by atoms with Gasteiger partial charge in [-0.15, -0.1) is 0 Å². The summed E-state index contributed by atoms with van der Waals surface area (Å²) in [4.78, 5) is 0. The van der Waals surface area contributed by atoms with E-state index in [1.807, 2.05) is 0 Å². The Morgan fingerprint density at radius 1 is 0.815 bits per heavy atom. The molecular weight excluding hydrogens is 328 g/mol. The summed E-state index contributed by atoms with van der Waals surface area (Å²) in [6, 6.07) is 4.92. The highest BCUT2D eigenvalue weighted by Crippen LogP contribution is 2.36. The number of aliphatic hydroxyl groups is 1. The Morgan fingerprint density at radius 3 is 1.59 bits per heavy atom. The summed E-state index contributed by atoms with van der Waals surface area (Å²) >= 11 is 0. The van der Waals surface area contributed by atoms with Crippen LogP contribution in [-0.2, 0) is 24.7 Å². The normalized spacial score (nSPS) is 13.5. The van der Waals surface area contributed by atoms with Gasteiger partial charge in [-0.25, -0.2) is 0 Å². The Balaban J connectivity index is 3.51. The Hall–Kier alpha value is -0.820. The highest BCUT2D eigenvalue weighted by Gasteiger charge is 2.26. The van der Waals surface area contributed by atoms with Crippen LogP contribution >= 0.6 is 0 Å². The summed E-state index contributed by atoms with van der Waals surface area (Å²) in [5, 5.41) is 9.74. The van der Waals surface area contributed by atoms with Gasteiger partial charge in [-0.1, -0.05) is 87.8 Å². The maximum Gasteiger partial charge on any atom is 0.0471 e. The highest BCUT2D eigenvalue weighted by atomic mass is 16.2. The lowest BCUT2D eigenvalue weighted by molar-refractivity contribution is 0.297. The predicted molar refractivity (Wildman–Crippen MR) is 121 cm³/mol. The van der Waals surface area contributed by atoms with Crippen LogP contribution in [-0.4, -0.2) is 11.7 Å². The molecular formula is C26H46O. The molecule has 1 nitrogen and oxygen atoms in total. The van der Waals surface area contributed by atoms with Crippen LogP contribution in [0.2, 0.25) is 0 Å². The van der Waals surface area contributed by atoms with Crippen molar-refractivity contribution in [1.82, 2.24) is 0 Å². The van der Waals surface area contributed by atoms with Crippen molar-refractivity contribution in [2.45, 2.75) is 107 Å². The summed E-state index contributed by atoms with van der Waals surface area (Å²) in [6.45, 7) is 23.6. The first kappa shape index (κ1) is 24.2. The van der Waals surface area contributed by atoms with E-state index in [-0.39, 0.29) is 22.9 Å². The highest BCUT2D eigenvalue weighted by molar-refractivity contribution is 5.43. The van der Waals surface area contributed by atoms with Crippen LogP contribution in [0.3, 0.4) is 0 Å². The lowest BCUT2D eigenvalue weighted by atomic mass is 9.73. The molecule has 0 saturated carbocycles. The molecule has 0 saturated heterocycles. The molecule has 0 bridgehead atoms. The quantitative estimate of drug-likeness (QED) is 0.514. The first-order valence-corrected chi connectivity index (χ1v) is 10.9. The van der Waals surface area contributed by atoms with Crippen LogP contribution in [0.4, 0.5) is 0 Å². The predicted octanol–water partition coefficient (Wildman–Crippen LogP) is 7.11. The van der Waals surface area contributed by atoms with Gasteiger partial charge < -0.3 is 5.11 Å². The fourth-order valence-electron chi connectivity index (χ4n) is 3.87. The molecule has 0 amide bonds. The Morgan fingerprint density at radius 2 is 1.26 bits per heavy atom. The molecule has 0 fully saturated rings. The molecule has 0 heterocycles. The zero-order valence-electron chi connectivity index (χ0n) is 19.9. The van der Waals surface area contributed by atoms with Gasteiger partial charge in [0.25, 0.3) is 0 Å². The Labute approximate surface area is 170 Å². The van der Waals surface area contributed by atoms with Crippen molar-refractivity contribution < 1.29 is 5.11 Å². The lowest BCUT2D eigenvalue weighted by Gasteiger charge is -2.31. The van der Waals surface area contributed by atoms with Crippen molar-refractivity contribution in [3.63, 3.8) is 0 Å². The molecule has 1 N–H and O–H groups in total. The first-order valence-electron chi connectivity index (χ1n) is 10.9. The maximum atomic E-state index is 9.74. The van der Waals surface area contributed by atoms with Crippen LogP contribution < -0.4 is 0 Å². The second-order valence-electron chi connectivity index (χ2n) is 12.0. The minimum absolute atomic E-state index is 0.182. The average Bonchev–Trinajstić information content (AvgIpc) is 2.45. The number of hydrogen-bond donors (Lipinski definition) is 1. The van der Waals surface area contributed by atoms with Gasteiger partial charge in [0.2, 0.25) is 0 Å². The van der Waals surface area contributed by atoms with Gasteiger partial charge in [0, 0.05) is 6.61 Å². The topological polar surface area (TPSA) is 20.2 Å². The minimum Gasteiger partial charge on any atom is -0.396 e. The molecule has 1 rings (SSSR count). The van der Waals surface area contributed by atoms with Crippen LogP contribution in [0.5, 0.6) is 0 Å². The molecule has 0 radical (unpaired) electrons. The third-order valence-electron chi connectivity index (χ3n) is 5.37. The third kappa shape index (κ3) is 8.38. The van der Waals surface area contributed by atoms with Crippen molar-refractivity contribution in [2.24, 2.45) is 16.7 Å². The van der Waals surface area contributed by atoms with E-state index < -0.39 is 0 Å². The molecule has 1 aromatic rings. The summed E-state index contributed by atoms with van der Waals surface area (Å²) in [5.41, 5.74) is 6.43. The van der Waals surface area contributed by atoms with Crippen molar-refractivity contribution in [1.29, 1.82) is 0 Å². The second kappa shape index (κ2) is 9.12. The van der Waals surface area contributed by atoms with E-state index in [0.29, 0.717) is 0 Å². The second-order valence-corrected chi connectivity index (χ2v) is 12.0. The van der Waals surface area contributed by atoms with Crippen LogP contribution in [0.1, 0.15) is 104 Å². The fraction of sp³-hybridized carbons (Fsp3) is 0.769. The summed E-state index contributed by atoms with van der Waals surface area (Å²) < 4.78 is 0. The summed E-state index contributed by atoms with van der Waals surface area (Å²) in [6.07, 6.45) is 5.37. The molecule has 1 heteroatoms. The standard InChI is InChI=1S/C26H46O/c1-19(2)11-13-26(9,10)22-15-20(17-24(3,4)5)23(12-14-27)21(16-22)18-25(6,7)8/h15-16,19,27H,11-14,17-18H2,1-10H3. The van der Waals surface area contributed by atoms with E-state index >= 15 is 0 Å². The van der Waals surface area contributed by atoms with Gasteiger partial charge in [-0.2, -0.15) is 0 Å². The largest absolute Gasteiger partial charge is 0.396 e. The number of rotatable bonds is 8. The van der Waals surface area contributed by atoms with Gasteiger partial charge in [-0.05, 0) is 70.1 Å². The van der Waals surface area contributed by atoms with Gasteiger partial charge in [0.05, 0.1) is 0 Å². The Kier molecular flexibility index (Phi) is 8.18. The molecule has 0 spiro atoms. The van der Waals surface area contributed by atoms with E-state index in [2.05, 4.69) is 81.4 Å². The van der Waals surface area contributed by atoms with Crippen LogP contribution in [0.15, 0.2) is 12.1 Å². The molecule has 0 aliphatic rings. The molecule has 0 unspecified atom stereocenters. The third-order valence-corrected chi connectivity index (χ3v) is 5.37. The molecule has 0 atom stereocenters. The molecule has 0 aliphatic heterocycles. The Bertz CT molecular complexity index is 557. The van der Waals surface area contributed by atoms with E-state index in [1.165, 1.54) is 35.1 Å². The van der Waals surface area contributed by atoms with Crippen LogP contribution in [0.25, 0.3) is 0 Å². The number of aliphatic hydroxyl groups excluding tert-OH is 1. The zero-order valence-corrected chi connectivity index (χ0v) is 19.9. The van der Waals surface area contributed by atoms with Gasteiger partial charge >= 0.3 is 0 Å². The van der Waals surface area contributed by atoms with Gasteiger partial charge in [-0.3, -0.25) is 0 Å². The lowest BCUT2D eigenvalue weighted by Crippen LogP contribution is -2.22. The van der Waals surface area contributed by atoms with E-state index in [4.69, 9.17) is 0 Å². The van der Waals surface area contributed by atoms with Crippen molar-refractivity contribution in [3.05, 3.63) is 34.4 Å². The van der Waals surface area contributed by atoms with Crippen molar-refractivity contribution in [3.8, 4) is 0 Å². The SMILES string of the molecule is CC(C)CCC(C)(C)c1cc(CC(C)(C)C)c(CCO)c(CC(C)(C)C)c1. The van der Waals surface area contributed by atoms with Crippen molar-refractivity contribution >= 4 is 0 Å².